The number of likely N-dealkylation sites (tertiary alicyclic amines) is 1. The minimum Gasteiger partial charge on any atom is -0.381 e. The number of aromatic amines is 1. The minimum absolute atomic E-state index is 0.0187. The Kier molecular flexibility index (Phi) is 10.3. The van der Waals surface area contributed by atoms with Gasteiger partial charge in [-0.25, -0.2) is 4.79 Å². The Hall–Kier alpha value is -4.64. The van der Waals surface area contributed by atoms with E-state index in [-0.39, 0.29) is 41.7 Å². The molecule has 2 aliphatic heterocycles. The fourth-order valence-corrected chi connectivity index (χ4v) is 7.88. The number of nitrogens with one attached hydrogen (secondary N) is 2. The van der Waals surface area contributed by atoms with Crippen LogP contribution in [0.25, 0.3) is 22.2 Å². The molecule has 6 rings (SSSR count). The van der Waals surface area contributed by atoms with Crippen LogP contribution in [0.2, 0.25) is 0 Å². The van der Waals surface area contributed by atoms with Crippen molar-refractivity contribution in [3.63, 3.8) is 0 Å². The van der Waals surface area contributed by atoms with E-state index in [9.17, 15) is 19.2 Å². The van der Waals surface area contributed by atoms with Crippen LogP contribution < -0.4 is 21.5 Å². The molecule has 2 saturated heterocycles. The van der Waals surface area contributed by atoms with Crippen molar-refractivity contribution in [1.82, 2.24) is 24.3 Å². The van der Waals surface area contributed by atoms with Gasteiger partial charge in [-0.3, -0.25) is 23.5 Å². The highest BCUT2D eigenvalue weighted by Gasteiger charge is 2.28. The molecule has 11 nitrogen and oxygen atoms in total. The molecule has 2 aliphatic rings. The van der Waals surface area contributed by atoms with Gasteiger partial charge >= 0.3 is 5.69 Å². The average Bonchev–Trinajstić information content (AvgIpc) is 3.37. The monoisotopic (exact) mass is 682 g/mol. The highest BCUT2D eigenvalue weighted by Crippen LogP contribution is 2.36. The van der Waals surface area contributed by atoms with Gasteiger partial charge in [0.2, 0.25) is 5.91 Å². The van der Waals surface area contributed by atoms with E-state index in [0.717, 1.165) is 64.1 Å². The van der Waals surface area contributed by atoms with Crippen molar-refractivity contribution in [2.75, 3.05) is 37.7 Å². The first-order chi connectivity index (χ1) is 24.0. The lowest BCUT2D eigenvalue weighted by molar-refractivity contribution is -0.132. The molecule has 2 fully saturated rings. The summed E-state index contributed by atoms with van der Waals surface area (Å²) in [6, 6.07) is 12.3. The van der Waals surface area contributed by atoms with E-state index < -0.39 is 0 Å². The molecule has 50 heavy (non-hydrogen) atoms. The van der Waals surface area contributed by atoms with Gasteiger partial charge < -0.3 is 24.8 Å². The number of benzene rings is 2. The van der Waals surface area contributed by atoms with E-state index in [0.29, 0.717) is 56.7 Å². The average molecular weight is 683 g/mol. The molecular formula is C39H50N6O5. The number of imidazole rings is 1. The van der Waals surface area contributed by atoms with Crippen molar-refractivity contribution < 1.29 is 14.3 Å². The number of fused-ring (bicyclic) bond motifs is 1. The second-order valence-corrected chi connectivity index (χ2v) is 13.8. The molecule has 2 aromatic heterocycles. The lowest BCUT2D eigenvalue weighted by atomic mass is 9.94. The first kappa shape index (κ1) is 35.2. The van der Waals surface area contributed by atoms with Crippen LogP contribution in [0.5, 0.6) is 0 Å². The Bertz CT molecular complexity index is 2030. The number of hydrogen-bond acceptors (Lipinski definition) is 6. The molecule has 4 heterocycles. The second-order valence-electron chi connectivity index (χ2n) is 13.8. The number of anilines is 1. The molecular weight excluding hydrogens is 632 g/mol. The maximum absolute atomic E-state index is 14.0. The third kappa shape index (κ3) is 6.75. The topological polar surface area (TPSA) is 122 Å². The third-order valence-corrected chi connectivity index (χ3v) is 10.7. The summed E-state index contributed by atoms with van der Waals surface area (Å²) in [5.41, 5.74) is 7.75. The Balaban J connectivity index is 1.42. The van der Waals surface area contributed by atoms with Crippen LogP contribution >= 0.6 is 0 Å². The van der Waals surface area contributed by atoms with Crippen molar-refractivity contribution in [1.29, 1.82) is 0 Å². The molecule has 2 amide bonds. The summed E-state index contributed by atoms with van der Waals surface area (Å²) < 4.78 is 9.28. The number of carbonyl (C=O) groups excluding carboxylic acids is 2. The number of amides is 2. The lowest BCUT2D eigenvalue weighted by Gasteiger charge is -2.37. The maximum Gasteiger partial charge on any atom is 0.329 e. The van der Waals surface area contributed by atoms with Crippen LogP contribution in [0.4, 0.5) is 5.69 Å². The molecule has 0 aliphatic carbocycles. The minimum atomic E-state index is -0.251. The number of aryl methyl sites for hydroxylation is 3. The number of hydrogen-bond donors (Lipinski definition) is 2. The molecule has 2 N–H and O–H groups in total. The predicted molar refractivity (Wildman–Crippen MR) is 197 cm³/mol. The summed E-state index contributed by atoms with van der Waals surface area (Å²) in [5, 5.41) is 3.03. The number of piperidine rings is 1. The van der Waals surface area contributed by atoms with Crippen molar-refractivity contribution in [2.24, 2.45) is 7.05 Å². The summed E-state index contributed by atoms with van der Waals surface area (Å²) >= 11 is 0. The molecule has 0 atom stereocenters. The first-order valence-electron chi connectivity index (χ1n) is 18.0. The van der Waals surface area contributed by atoms with E-state index in [1.54, 1.807) is 11.6 Å². The highest BCUT2D eigenvalue weighted by molar-refractivity contribution is 5.99. The van der Waals surface area contributed by atoms with Gasteiger partial charge in [0.1, 0.15) is 0 Å². The van der Waals surface area contributed by atoms with Gasteiger partial charge in [-0.05, 0) is 106 Å². The number of H-pyrrole nitrogens is 1. The smallest absolute Gasteiger partial charge is 0.329 e. The largest absolute Gasteiger partial charge is 0.381 e. The summed E-state index contributed by atoms with van der Waals surface area (Å²) in [6.07, 6.45) is 3.72. The van der Waals surface area contributed by atoms with Crippen molar-refractivity contribution in [3.8, 4) is 11.1 Å². The summed E-state index contributed by atoms with van der Waals surface area (Å²) in [6.45, 7) is 13.3. The zero-order valence-corrected chi connectivity index (χ0v) is 30.2. The van der Waals surface area contributed by atoms with Crippen LogP contribution in [-0.4, -0.2) is 69.7 Å². The van der Waals surface area contributed by atoms with Gasteiger partial charge in [-0.15, -0.1) is 0 Å². The third-order valence-electron chi connectivity index (χ3n) is 10.7. The van der Waals surface area contributed by atoms with Gasteiger partial charge in [-0.2, -0.15) is 0 Å². The Morgan fingerprint density at radius 1 is 0.940 bits per heavy atom. The number of aromatic nitrogens is 3. The molecule has 0 radical (unpaired) electrons. The van der Waals surface area contributed by atoms with Crippen LogP contribution in [0.3, 0.4) is 0 Å². The molecule has 11 heteroatoms. The van der Waals surface area contributed by atoms with Crippen molar-refractivity contribution >= 4 is 28.5 Å². The SMILES string of the molecule is CCC(=O)N1CCC(n2c(=O)n(C)c3ccc(-c4cc(C(=O)NCc5c(C)cc(C)[nH]c5=O)c(C)c(N(CC)C5CCOCC5)c4)cc32)CC1. The molecule has 0 bridgehead atoms. The normalized spacial score (nSPS) is 15.8. The van der Waals surface area contributed by atoms with E-state index in [2.05, 4.69) is 34.3 Å². The van der Waals surface area contributed by atoms with E-state index in [1.807, 2.05) is 61.4 Å². The van der Waals surface area contributed by atoms with Crippen LogP contribution in [0.1, 0.15) is 84.7 Å². The standard InChI is InChI=1S/C39H50N6O5/c1-7-36(46)43-15-11-30(12-16-43)45-35-21-27(9-10-33(35)42(6)39(45)49)28-20-31(37(47)40-23-32-24(3)19-25(4)41-38(32)48)26(5)34(22-28)44(8-2)29-13-17-50-18-14-29/h9-10,19-22,29-30H,7-8,11-18,23H2,1-6H3,(H,40,47)(H,41,48). The summed E-state index contributed by atoms with van der Waals surface area (Å²) in [5.74, 6) is -0.104. The van der Waals surface area contributed by atoms with Gasteiger partial charge in [-0.1, -0.05) is 13.0 Å². The van der Waals surface area contributed by atoms with Gasteiger partial charge in [0, 0.05) is 87.5 Å². The molecule has 4 aromatic rings. The fourth-order valence-electron chi connectivity index (χ4n) is 7.88. The molecule has 0 saturated carbocycles. The van der Waals surface area contributed by atoms with Crippen molar-refractivity contribution in [3.05, 3.63) is 85.2 Å². The van der Waals surface area contributed by atoms with E-state index in [4.69, 9.17) is 4.74 Å². The van der Waals surface area contributed by atoms with E-state index >= 15 is 0 Å². The van der Waals surface area contributed by atoms with Gasteiger partial charge in [0.15, 0.2) is 0 Å². The Morgan fingerprint density at radius 3 is 2.32 bits per heavy atom. The quantitative estimate of drug-likeness (QED) is 0.253. The second kappa shape index (κ2) is 14.7. The van der Waals surface area contributed by atoms with Gasteiger partial charge in [0.05, 0.1) is 11.0 Å². The number of rotatable bonds is 9. The first-order valence-corrected chi connectivity index (χ1v) is 18.0. The number of pyridine rings is 1. The molecule has 2 aromatic carbocycles. The molecule has 0 spiro atoms. The number of carbonyl (C=O) groups is 2. The van der Waals surface area contributed by atoms with Crippen molar-refractivity contribution in [2.45, 2.75) is 85.4 Å². The molecule has 0 unspecified atom stereocenters. The van der Waals surface area contributed by atoms with Crippen LogP contribution in [0.15, 0.2) is 46.0 Å². The zero-order valence-electron chi connectivity index (χ0n) is 30.2. The predicted octanol–water partition coefficient (Wildman–Crippen LogP) is 5.13. The molecule has 266 valence electrons. The lowest BCUT2D eigenvalue weighted by Crippen LogP contribution is -2.40. The van der Waals surface area contributed by atoms with Gasteiger partial charge in [0.25, 0.3) is 11.5 Å². The zero-order chi connectivity index (χ0) is 35.7. The number of nitrogens with zero attached hydrogens (tertiary/aromatic N) is 4. The van der Waals surface area contributed by atoms with Crippen LogP contribution in [-0.2, 0) is 23.1 Å². The Morgan fingerprint density at radius 2 is 1.66 bits per heavy atom. The fraction of sp³-hybridized carbons (Fsp3) is 0.487. The highest BCUT2D eigenvalue weighted by atomic mass is 16.5. The summed E-state index contributed by atoms with van der Waals surface area (Å²) in [4.78, 5) is 59.9. The van der Waals surface area contributed by atoms with E-state index in [1.165, 1.54) is 0 Å². The Labute approximate surface area is 293 Å². The summed E-state index contributed by atoms with van der Waals surface area (Å²) in [7, 11) is 1.80. The maximum atomic E-state index is 14.0. The van der Waals surface area contributed by atoms with Crippen LogP contribution in [0, 0.1) is 20.8 Å². The number of ether oxygens (including phenoxy) is 1.